The summed E-state index contributed by atoms with van der Waals surface area (Å²) in [7, 11) is -0.242. The molecule has 1 atom stereocenters. The van der Waals surface area contributed by atoms with E-state index >= 15 is 0 Å². The van der Waals surface area contributed by atoms with E-state index in [0.29, 0.717) is 13.1 Å². The molecule has 1 N–H and O–H groups in total. The Balaban J connectivity index is 1.69. The number of hydrogen-bond donors (Lipinski definition) is 1. The molecule has 7 nitrogen and oxygen atoms in total. The Morgan fingerprint density at radius 2 is 2.04 bits per heavy atom. The molecule has 0 saturated carbocycles. The predicted octanol–water partition coefficient (Wildman–Crippen LogP) is 2.21. The van der Waals surface area contributed by atoms with Crippen LogP contribution < -0.4 is 5.32 Å². The SMILES string of the molecule is CN(C)S(=O)(=O)N1CCC[C@@H](c2ccc(Nc3ccccn3)cn2)C1. The van der Waals surface area contributed by atoms with Crippen LogP contribution in [0.2, 0.25) is 0 Å². The van der Waals surface area contributed by atoms with E-state index in [2.05, 4.69) is 15.3 Å². The van der Waals surface area contributed by atoms with Crippen LogP contribution >= 0.6 is 0 Å². The predicted molar refractivity (Wildman–Crippen MR) is 97.9 cm³/mol. The number of anilines is 2. The molecule has 0 bridgehead atoms. The quantitative estimate of drug-likeness (QED) is 0.883. The lowest BCUT2D eigenvalue weighted by Crippen LogP contribution is -2.45. The number of nitrogens with zero attached hydrogens (tertiary/aromatic N) is 4. The first kappa shape index (κ1) is 17.8. The van der Waals surface area contributed by atoms with Gasteiger partial charge in [-0.05, 0) is 37.1 Å². The summed E-state index contributed by atoms with van der Waals surface area (Å²) in [6.07, 6.45) is 5.28. The summed E-state index contributed by atoms with van der Waals surface area (Å²) in [5.41, 5.74) is 1.78. The van der Waals surface area contributed by atoms with Gasteiger partial charge in [-0.1, -0.05) is 6.07 Å². The molecule has 2 aromatic rings. The van der Waals surface area contributed by atoms with Gasteiger partial charge in [0.05, 0.1) is 11.9 Å². The first-order valence-electron chi connectivity index (χ1n) is 8.28. The highest BCUT2D eigenvalue weighted by atomic mass is 32.2. The Labute approximate surface area is 148 Å². The third-order valence-corrected chi connectivity index (χ3v) is 6.22. The van der Waals surface area contributed by atoms with Gasteiger partial charge in [0.15, 0.2) is 0 Å². The van der Waals surface area contributed by atoms with Gasteiger partial charge in [0.25, 0.3) is 10.2 Å². The van der Waals surface area contributed by atoms with Gasteiger partial charge in [0.1, 0.15) is 5.82 Å². The van der Waals surface area contributed by atoms with Gasteiger partial charge < -0.3 is 5.32 Å². The average Bonchev–Trinajstić information content (AvgIpc) is 2.63. The number of hydrogen-bond acceptors (Lipinski definition) is 5. The minimum Gasteiger partial charge on any atom is -0.339 e. The van der Waals surface area contributed by atoms with Crippen molar-refractivity contribution in [1.82, 2.24) is 18.6 Å². The largest absolute Gasteiger partial charge is 0.339 e. The van der Waals surface area contributed by atoms with Gasteiger partial charge >= 0.3 is 0 Å². The van der Waals surface area contributed by atoms with Crippen molar-refractivity contribution in [3.8, 4) is 0 Å². The summed E-state index contributed by atoms with van der Waals surface area (Å²) in [4.78, 5) is 8.76. The van der Waals surface area contributed by atoms with Crippen LogP contribution in [0, 0.1) is 0 Å². The van der Waals surface area contributed by atoms with E-state index in [1.54, 1.807) is 30.8 Å². The Hall–Kier alpha value is -2.03. The molecule has 8 heteroatoms. The second-order valence-electron chi connectivity index (χ2n) is 6.30. The van der Waals surface area contributed by atoms with Gasteiger partial charge in [-0.3, -0.25) is 4.98 Å². The molecule has 0 unspecified atom stereocenters. The van der Waals surface area contributed by atoms with Gasteiger partial charge in [0.2, 0.25) is 0 Å². The molecule has 25 heavy (non-hydrogen) atoms. The van der Waals surface area contributed by atoms with Crippen LogP contribution in [-0.2, 0) is 10.2 Å². The number of nitrogens with one attached hydrogen (secondary N) is 1. The minimum atomic E-state index is -3.37. The number of pyridine rings is 2. The Morgan fingerprint density at radius 1 is 1.20 bits per heavy atom. The maximum atomic E-state index is 12.3. The maximum absolute atomic E-state index is 12.3. The smallest absolute Gasteiger partial charge is 0.281 e. The lowest BCUT2D eigenvalue weighted by Gasteiger charge is -2.33. The van der Waals surface area contributed by atoms with Gasteiger partial charge in [-0.2, -0.15) is 17.0 Å². The van der Waals surface area contributed by atoms with E-state index in [1.165, 1.54) is 4.31 Å². The molecule has 134 valence electrons. The van der Waals surface area contributed by atoms with Crippen LogP contribution in [0.4, 0.5) is 11.5 Å². The number of aromatic nitrogens is 2. The van der Waals surface area contributed by atoms with Gasteiger partial charge in [0, 0.05) is 45.0 Å². The van der Waals surface area contributed by atoms with Crippen LogP contribution in [0.25, 0.3) is 0 Å². The molecule has 0 spiro atoms. The van der Waals surface area contributed by atoms with Crippen molar-refractivity contribution in [3.63, 3.8) is 0 Å². The summed E-state index contributed by atoms with van der Waals surface area (Å²) in [5.74, 6) is 0.880. The normalized spacial score (nSPS) is 19.1. The summed E-state index contributed by atoms with van der Waals surface area (Å²) >= 11 is 0. The molecular weight excluding hydrogens is 338 g/mol. The molecule has 0 aliphatic carbocycles. The van der Waals surface area contributed by atoms with Crippen molar-refractivity contribution in [2.75, 3.05) is 32.5 Å². The van der Waals surface area contributed by atoms with Gasteiger partial charge in [-0.25, -0.2) is 4.98 Å². The lowest BCUT2D eigenvalue weighted by molar-refractivity contribution is 0.296. The average molecular weight is 361 g/mol. The van der Waals surface area contributed by atoms with Crippen molar-refractivity contribution in [3.05, 3.63) is 48.4 Å². The fourth-order valence-electron chi connectivity index (χ4n) is 2.93. The Kier molecular flexibility index (Phi) is 5.31. The van der Waals surface area contributed by atoms with E-state index < -0.39 is 10.2 Å². The molecule has 0 radical (unpaired) electrons. The summed E-state index contributed by atoms with van der Waals surface area (Å²) in [5, 5.41) is 3.20. The van der Waals surface area contributed by atoms with Crippen LogP contribution in [0.5, 0.6) is 0 Å². The topological polar surface area (TPSA) is 78.4 Å². The van der Waals surface area contributed by atoms with Crippen LogP contribution in [0.15, 0.2) is 42.7 Å². The monoisotopic (exact) mass is 361 g/mol. The van der Waals surface area contributed by atoms with Crippen molar-refractivity contribution >= 4 is 21.7 Å². The van der Waals surface area contributed by atoms with Gasteiger partial charge in [-0.15, -0.1) is 0 Å². The maximum Gasteiger partial charge on any atom is 0.281 e. The first-order valence-corrected chi connectivity index (χ1v) is 9.68. The molecule has 0 amide bonds. The van der Waals surface area contributed by atoms with E-state index in [4.69, 9.17) is 0 Å². The highest BCUT2D eigenvalue weighted by Gasteiger charge is 2.31. The van der Waals surface area contributed by atoms with Crippen LogP contribution in [-0.4, -0.2) is 54.2 Å². The molecular formula is C17H23N5O2S. The zero-order valence-electron chi connectivity index (χ0n) is 14.5. The minimum absolute atomic E-state index is 0.118. The van der Waals surface area contributed by atoms with Crippen molar-refractivity contribution in [1.29, 1.82) is 0 Å². The first-order chi connectivity index (χ1) is 12.0. The molecule has 0 aromatic carbocycles. The second-order valence-corrected chi connectivity index (χ2v) is 8.44. The third-order valence-electron chi connectivity index (χ3n) is 4.31. The summed E-state index contributed by atoms with van der Waals surface area (Å²) in [6.45, 7) is 1.04. The summed E-state index contributed by atoms with van der Waals surface area (Å²) < 4.78 is 27.5. The van der Waals surface area contributed by atoms with Crippen molar-refractivity contribution in [2.45, 2.75) is 18.8 Å². The second kappa shape index (κ2) is 7.47. The van der Waals surface area contributed by atoms with E-state index in [-0.39, 0.29) is 5.92 Å². The Bertz CT molecular complexity index is 794. The molecule has 1 fully saturated rings. The van der Waals surface area contributed by atoms with Crippen LogP contribution in [0.3, 0.4) is 0 Å². The fourth-order valence-corrected chi connectivity index (χ4v) is 4.12. The zero-order chi connectivity index (χ0) is 17.9. The highest BCUT2D eigenvalue weighted by molar-refractivity contribution is 7.86. The third kappa shape index (κ3) is 4.15. The molecule has 1 aliphatic heterocycles. The van der Waals surface area contributed by atoms with E-state index in [9.17, 15) is 8.42 Å². The summed E-state index contributed by atoms with van der Waals surface area (Å²) in [6, 6.07) is 9.58. The Morgan fingerprint density at radius 3 is 2.68 bits per heavy atom. The van der Waals surface area contributed by atoms with Crippen LogP contribution in [0.1, 0.15) is 24.5 Å². The molecule has 1 aliphatic rings. The fraction of sp³-hybridized carbons (Fsp3) is 0.412. The molecule has 1 saturated heterocycles. The van der Waals surface area contributed by atoms with E-state index in [0.717, 1.165) is 30.0 Å². The number of piperidine rings is 1. The molecule has 3 rings (SSSR count). The lowest BCUT2D eigenvalue weighted by atomic mass is 9.95. The van der Waals surface area contributed by atoms with Crippen molar-refractivity contribution in [2.24, 2.45) is 0 Å². The highest BCUT2D eigenvalue weighted by Crippen LogP contribution is 2.28. The number of rotatable bonds is 5. The standard InChI is InChI=1S/C17H23N5O2S/c1-21(2)25(23,24)22-11-5-6-14(13-22)16-9-8-15(12-19-16)20-17-7-3-4-10-18-17/h3-4,7-10,12,14H,5-6,11,13H2,1-2H3,(H,18,20)/t14-/m1/s1. The molecule has 3 heterocycles. The molecule has 2 aromatic heterocycles. The van der Waals surface area contributed by atoms with Crippen molar-refractivity contribution < 1.29 is 8.42 Å². The van der Waals surface area contributed by atoms with E-state index in [1.807, 2.05) is 30.3 Å². The zero-order valence-corrected chi connectivity index (χ0v) is 15.3.